The fourth-order valence-corrected chi connectivity index (χ4v) is 3.12. The maximum Gasteiger partial charge on any atom is 0.0887 e. The van der Waals surface area contributed by atoms with Gasteiger partial charge < -0.3 is 4.57 Å². The second-order valence-electron chi connectivity index (χ2n) is 3.29. The minimum Gasteiger partial charge on any atom is -0.335 e. The number of benzene rings is 1. The van der Waals surface area contributed by atoms with Crippen LogP contribution in [0.15, 0.2) is 27.3 Å². The first kappa shape index (κ1) is 10.2. The molecule has 0 spiro atoms. The zero-order valence-corrected chi connectivity index (χ0v) is 11.3. The minimum absolute atomic E-state index is 0.987. The molecule has 1 nitrogen and oxygen atoms in total. The Hall–Kier alpha value is -0.280. The van der Waals surface area contributed by atoms with E-state index in [9.17, 15) is 0 Å². The number of hydrogen-bond acceptors (Lipinski definition) is 0. The van der Waals surface area contributed by atoms with Crippen molar-refractivity contribution in [2.75, 3.05) is 0 Å². The molecule has 0 aliphatic heterocycles. The molecule has 0 aliphatic rings. The molecule has 0 fully saturated rings. The van der Waals surface area contributed by atoms with Crippen molar-refractivity contribution in [3.63, 3.8) is 0 Å². The average molecular weight is 317 g/mol. The molecule has 1 aromatic carbocycles. The van der Waals surface area contributed by atoms with Crippen LogP contribution in [-0.2, 0) is 6.54 Å². The number of nitrogens with zero attached hydrogens (tertiary/aromatic N) is 1. The van der Waals surface area contributed by atoms with Gasteiger partial charge in [-0.25, -0.2) is 0 Å². The Kier molecular flexibility index (Phi) is 2.71. The SMILES string of the molecule is CCn1c(Br)c(C)c2c(Br)cccc21. The molecule has 0 N–H and O–H groups in total. The second-order valence-corrected chi connectivity index (χ2v) is 4.90. The van der Waals surface area contributed by atoms with Crippen molar-refractivity contribution in [1.82, 2.24) is 4.57 Å². The summed E-state index contributed by atoms with van der Waals surface area (Å²) < 4.78 is 4.62. The van der Waals surface area contributed by atoms with Crippen molar-refractivity contribution >= 4 is 42.8 Å². The monoisotopic (exact) mass is 315 g/mol. The van der Waals surface area contributed by atoms with Crippen molar-refractivity contribution in [1.29, 1.82) is 0 Å². The lowest BCUT2D eigenvalue weighted by molar-refractivity contribution is 0.777. The molecule has 0 amide bonds. The molecule has 0 atom stereocenters. The number of aromatic nitrogens is 1. The van der Waals surface area contributed by atoms with Gasteiger partial charge in [-0.15, -0.1) is 0 Å². The molecule has 14 heavy (non-hydrogen) atoms. The third kappa shape index (κ3) is 1.34. The summed E-state index contributed by atoms with van der Waals surface area (Å²) in [4.78, 5) is 0. The molecule has 0 radical (unpaired) electrons. The molecule has 0 saturated carbocycles. The van der Waals surface area contributed by atoms with Crippen LogP contribution < -0.4 is 0 Å². The van der Waals surface area contributed by atoms with Crippen LogP contribution in [0, 0.1) is 6.92 Å². The van der Waals surface area contributed by atoms with E-state index in [1.807, 2.05) is 0 Å². The Morgan fingerprint density at radius 2 is 2.00 bits per heavy atom. The van der Waals surface area contributed by atoms with Gasteiger partial charge in [0.15, 0.2) is 0 Å². The molecule has 74 valence electrons. The van der Waals surface area contributed by atoms with E-state index in [1.165, 1.54) is 25.5 Å². The van der Waals surface area contributed by atoms with Gasteiger partial charge in [0.05, 0.1) is 10.1 Å². The van der Waals surface area contributed by atoms with Gasteiger partial charge in [-0.2, -0.15) is 0 Å². The second kappa shape index (κ2) is 3.70. The summed E-state index contributed by atoms with van der Waals surface area (Å²) in [5.41, 5.74) is 2.58. The molecule has 0 aliphatic carbocycles. The van der Waals surface area contributed by atoms with Gasteiger partial charge in [0, 0.05) is 16.4 Å². The lowest BCUT2D eigenvalue weighted by Crippen LogP contribution is -1.92. The van der Waals surface area contributed by atoms with Crippen molar-refractivity contribution in [3.8, 4) is 0 Å². The van der Waals surface area contributed by atoms with Crippen molar-refractivity contribution in [2.24, 2.45) is 0 Å². The average Bonchev–Trinajstić information content (AvgIpc) is 2.41. The van der Waals surface area contributed by atoms with Crippen LogP contribution in [-0.4, -0.2) is 4.57 Å². The third-order valence-corrected chi connectivity index (χ3v) is 4.20. The fraction of sp³-hybridized carbons (Fsp3) is 0.273. The molecule has 0 saturated heterocycles. The predicted molar refractivity (Wildman–Crippen MR) is 67.7 cm³/mol. The van der Waals surface area contributed by atoms with E-state index in [1.54, 1.807) is 0 Å². The van der Waals surface area contributed by atoms with Gasteiger partial charge in [-0.1, -0.05) is 22.0 Å². The lowest BCUT2D eigenvalue weighted by atomic mass is 10.2. The van der Waals surface area contributed by atoms with Gasteiger partial charge in [0.2, 0.25) is 0 Å². The molecule has 0 unspecified atom stereocenters. The number of hydrogen-bond donors (Lipinski definition) is 0. The van der Waals surface area contributed by atoms with Crippen LogP contribution in [0.25, 0.3) is 10.9 Å². The van der Waals surface area contributed by atoms with Gasteiger partial charge in [0.1, 0.15) is 0 Å². The summed E-state index contributed by atoms with van der Waals surface area (Å²) in [7, 11) is 0. The fourth-order valence-electron chi connectivity index (χ4n) is 1.83. The maximum absolute atomic E-state index is 3.63. The quantitative estimate of drug-likeness (QED) is 0.730. The molecule has 1 aromatic heterocycles. The highest BCUT2D eigenvalue weighted by Crippen LogP contribution is 2.34. The standard InChI is InChI=1S/C11H11Br2N/c1-3-14-9-6-4-5-8(12)10(9)7(2)11(14)13/h4-6H,3H2,1-2H3. The normalized spacial score (nSPS) is 11.1. The first-order valence-electron chi connectivity index (χ1n) is 4.59. The zero-order valence-electron chi connectivity index (χ0n) is 8.14. The van der Waals surface area contributed by atoms with Crippen molar-refractivity contribution in [2.45, 2.75) is 20.4 Å². The zero-order chi connectivity index (χ0) is 10.3. The van der Waals surface area contributed by atoms with Crippen LogP contribution in [0.3, 0.4) is 0 Å². The molecule has 2 rings (SSSR count). The molecule has 0 bridgehead atoms. The van der Waals surface area contributed by atoms with Gasteiger partial charge in [-0.05, 0) is 47.5 Å². The largest absolute Gasteiger partial charge is 0.335 e. The summed E-state index contributed by atoms with van der Waals surface area (Å²) >= 11 is 7.22. The van der Waals surface area contributed by atoms with Crippen LogP contribution in [0.4, 0.5) is 0 Å². The molecule has 1 heterocycles. The van der Waals surface area contributed by atoms with E-state index in [2.05, 4.69) is 68.5 Å². The highest BCUT2D eigenvalue weighted by molar-refractivity contribution is 9.11. The Labute approximate surface area is 100 Å². The van der Waals surface area contributed by atoms with Gasteiger partial charge >= 0.3 is 0 Å². The molecular weight excluding hydrogens is 306 g/mol. The van der Waals surface area contributed by atoms with E-state index in [4.69, 9.17) is 0 Å². The Morgan fingerprint density at radius 1 is 1.29 bits per heavy atom. The Morgan fingerprint density at radius 3 is 2.64 bits per heavy atom. The maximum atomic E-state index is 3.63. The van der Waals surface area contributed by atoms with Crippen molar-refractivity contribution in [3.05, 3.63) is 32.8 Å². The lowest BCUT2D eigenvalue weighted by Gasteiger charge is -2.02. The summed E-state index contributed by atoms with van der Waals surface area (Å²) in [6.07, 6.45) is 0. The smallest absolute Gasteiger partial charge is 0.0887 e. The number of fused-ring (bicyclic) bond motifs is 1. The van der Waals surface area contributed by atoms with E-state index >= 15 is 0 Å². The van der Waals surface area contributed by atoms with Crippen LogP contribution in [0.5, 0.6) is 0 Å². The summed E-state index contributed by atoms with van der Waals surface area (Å²) in [6.45, 7) is 5.29. The summed E-state index contributed by atoms with van der Waals surface area (Å²) in [6, 6.07) is 6.31. The van der Waals surface area contributed by atoms with Crippen LogP contribution in [0.2, 0.25) is 0 Å². The summed E-state index contributed by atoms with van der Waals surface area (Å²) in [5, 5.41) is 1.31. The molecule has 2 aromatic rings. The Balaban J connectivity index is 2.95. The molecular formula is C11H11Br2N. The number of rotatable bonds is 1. The van der Waals surface area contributed by atoms with E-state index in [-0.39, 0.29) is 0 Å². The number of halogens is 2. The van der Waals surface area contributed by atoms with Crippen LogP contribution >= 0.6 is 31.9 Å². The summed E-state index contributed by atoms with van der Waals surface area (Å²) in [5.74, 6) is 0. The van der Waals surface area contributed by atoms with Crippen molar-refractivity contribution < 1.29 is 0 Å². The van der Waals surface area contributed by atoms with E-state index in [0.717, 1.165) is 6.54 Å². The van der Waals surface area contributed by atoms with E-state index < -0.39 is 0 Å². The first-order chi connectivity index (χ1) is 6.66. The first-order valence-corrected chi connectivity index (χ1v) is 6.18. The van der Waals surface area contributed by atoms with Gasteiger partial charge in [0.25, 0.3) is 0 Å². The number of aryl methyl sites for hydroxylation is 2. The third-order valence-electron chi connectivity index (χ3n) is 2.52. The predicted octanol–water partition coefficient (Wildman–Crippen LogP) is 4.49. The van der Waals surface area contributed by atoms with E-state index in [0.29, 0.717) is 0 Å². The highest BCUT2D eigenvalue weighted by Gasteiger charge is 2.12. The minimum atomic E-state index is 0.987. The Bertz CT molecular complexity index is 485. The highest BCUT2D eigenvalue weighted by atomic mass is 79.9. The van der Waals surface area contributed by atoms with Gasteiger partial charge in [-0.3, -0.25) is 0 Å². The topological polar surface area (TPSA) is 4.93 Å². The van der Waals surface area contributed by atoms with Crippen LogP contribution in [0.1, 0.15) is 12.5 Å². The molecule has 3 heteroatoms.